The van der Waals surface area contributed by atoms with E-state index < -0.39 is 0 Å². The Bertz CT molecular complexity index is 759. The molecule has 0 N–H and O–H groups in total. The van der Waals surface area contributed by atoms with Crippen LogP contribution in [0.5, 0.6) is 5.75 Å². The molecule has 0 spiro atoms. The predicted molar refractivity (Wildman–Crippen MR) is 111 cm³/mol. The second-order valence-corrected chi connectivity index (χ2v) is 7.68. The Kier molecular flexibility index (Phi) is 6.68. The zero-order chi connectivity index (χ0) is 19.2. The molecule has 1 saturated heterocycles. The first kappa shape index (κ1) is 19.6. The molecule has 0 atom stereocenters. The van der Waals surface area contributed by atoms with Crippen LogP contribution in [0.3, 0.4) is 0 Å². The fourth-order valence-corrected chi connectivity index (χ4v) is 3.21. The Hall–Kier alpha value is -2.12. The van der Waals surface area contributed by atoms with E-state index in [4.69, 9.17) is 4.74 Å². The summed E-state index contributed by atoms with van der Waals surface area (Å²) in [6, 6.07) is 11.5. The number of anilines is 1. The molecule has 2 aromatic rings. The standard InChI is InChI=1S/C20H25BrN4O2/c1-23(2)13-14-27-18-6-4-3-5-17(18)20(26)25-11-9-24(10-12-25)19-8-7-16(21)15-22-19/h3-8,15H,9-14H2,1-2H3. The Labute approximate surface area is 168 Å². The smallest absolute Gasteiger partial charge is 0.257 e. The number of hydrogen-bond donors (Lipinski definition) is 0. The molecule has 3 rings (SSSR count). The zero-order valence-electron chi connectivity index (χ0n) is 15.8. The van der Waals surface area contributed by atoms with Gasteiger partial charge in [0, 0.05) is 43.4 Å². The molecule has 0 saturated carbocycles. The number of carbonyl (C=O) groups is 1. The van der Waals surface area contributed by atoms with E-state index in [0.717, 1.165) is 29.9 Å². The number of aromatic nitrogens is 1. The van der Waals surface area contributed by atoms with Crippen LogP contribution in [-0.2, 0) is 0 Å². The fourth-order valence-electron chi connectivity index (χ4n) is 2.97. The summed E-state index contributed by atoms with van der Waals surface area (Å²) in [4.78, 5) is 23.6. The maximum Gasteiger partial charge on any atom is 0.257 e. The van der Waals surface area contributed by atoms with Gasteiger partial charge in [-0.05, 0) is 54.3 Å². The molecule has 7 heteroatoms. The quantitative estimate of drug-likeness (QED) is 0.702. The number of rotatable bonds is 6. The number of hydrogen-bond acceptors (Lipinski definition) is 5. The van der Waals surface area contributed by atoms with Crippen LogP contribution in [0.4, 0.5) is 5.82 Å². The third-order valence-electron chi connectivity index (χ3n) is 4.52. The average Bonchev–Trinajstić information content (AvgIpc) is 2.68. The Morgan fingerprint density at radius 1 is 1.15 bits per heavy atom. The molecule has 1 aliphatic rings. The van der Waals surface area contributed by atoms with E-state index in [0.29, 0.717) is 31.0 Å². The van der Waals surface area contributed by atoms with Gasteiger partial charge in [0.1, 0.15) is 18.2 Å². The van der Waals surface area contributed by atoms with E-state index in [9.17, 15) is 4.79 Å². The van der Waals surface area contributed by atoms with Crippen molar-refractivity contribution < 1.29 is 9.53 Å². The number of para-hydroxylation sites is 1. The highest BCUT2D eigenvalue weighted by molar-refractivity contribution is 9.10. The number of likely N-dealkylation sites (N-methyl/N-ethyl adjacent to an activating group) is 1. The van der Waals surface area contributed by atoms with Gasteiger partial charge in [-0.2, -0.15) is 0 Å². The molecule has 27 heavy (non-hydrogen) atoms. The summed E-state index contributed by atoms with van der Waals surface area (Å²) in [5.41, 5.74) is 0.631. The molecule has 1 amide bonds. The van der Waals surface area contributed by atoms with Crippen LogP contribution < -0.4 is 9.64 Å². The number of amides is 1. The van der Waals surface area contributed by atoms with Crippen molar-refractivity contribution in [2.75, 3.05) is 58.3 Å². The van der Waals surface area contributed by atoms with E-state index in [2.05, 4.69) is 30.7 Å². The van der Waals surface area contributed by atoms with Gasteiger partial charge in [0.25, 0.3) is 5.91 Å². The molecule has 1 aliphatic heterocycles. The lowest BCUT2D eigenvalue weighted by Gasteiger charge is -2.35. The second kappa shape index (κ2) is 9.19. The van der Waals surface area contributed by atoms with Crippen molar-refractivity contribution in [3.05, 3.63) is 52.6 Å². The summed E-state index contributed by atoms with van der Waals surface area (Å²) < 4.78 is 6.81. The number of ether oxygens (including phenoxy) is 1. The van der Waals surface area contributed by atoms with Crippen LogP contribution in [0.15, 0.2) is 47.1 Å². The maximum atomic E-state index is 13.0. The fraction of sp³-hybridized carbons (Fsp3) is 0.400. The minimum absolute atomic E-state index is 0.0267. The van der Waals surface area contributed by atoms with Gasteiger partial charge in [-0.25, -0.2) is 4.98 Å². The summed E-state index contributed by atoms with van der Waals surface area (Å²) in [6.45, 7) is 4.24. The van der Waals surface area contributed by atoms with Crippen LogP contribution in [0, 0.1) is 0 Å². The van der Waals surface area contributed by atoms with Gasteiger partial charge < -0.3 is 19.4 Å². The van der Waals surface area contributed by atoms with E-state index in [1.165, 1.54) is 0 Å². The van der Waals surface area contributed by atoms with Crippen LogP contribution >= 0.6 is 15.9 Å². The van der Waals surface area contributed by atoms with E-state index in [1.807, 2.05) is 55.4 Å². The van der Waals surface area contributed by atoms with Crippen LogP contribution in [-0.4, -0.2) is 74.1 Å². The van der Waals surface area contributed by atoms with Gasteiger partial charge in [-0.15, -0.1) is 0 Å². The summed E-state index contributed by atoms with van der Waals surface area (Å²) in [5.74, 6) is 1.62. The monoisotopic (exact) mass is 432 g/mol. The zero-order valence-corrected chi connectivity index (χ0v) is 17.4. The normalized spacial score (nSPS) is 14.5. The molecule has 144 valence electrons. The molecule has 0 aliphatic carbocycles. The molecular weight excluding hydrogens is 408 g/mol. The largest absolute Gasteiger partial charge is 0.491 e. The minimum atomic E-state index is 0.0267. The second-order valence-electron chi connectivity index (χ2n) is 6.76. The molecule has 1 aromatic carbocycles. The van der Waals surface area contributed by atoms with Crippen molar-refractivity contribution in [2.45, 2.75) is 0 Å². The molecule has 6 nitrogen and oxygen atoms in total. The number of halogens is 1. The van der Waals surface area contributed by atoms with Crippen molar-refractivity contribution in [3.63, 3.8) is 0 Å². The molecular formula is C20H25BrN4O2. The summed E-state index contributed by atoms with van der Waals surface area (Å²) in [7, 11) is 4.00. The Morgan fingerprint density at radius 2 is 1.89 bits per heavy atom. The number of pyridine rings is 1. The highest BCUT2D eigenvalue weighted by Crippen LogP contribution is 2.22. The van der Waals surface area contributed by atoms with E-state index in [1.54, 1.807) is 6.20 Å². The first-order valence-electron chi connectivity index (χ1n) is 9.07. The Morgan fingerprint density at radius 3 is 2.56 bits per heavy atom. The van der Waals surface area contributed by atoms with Gasteiger partial charge in [0.2, 0.25) is 0 Å². The number of benzene rings is 1. The lowest BCUT2D eigenvalue weighted by atomic mass is 10.1. The molecule has 0 unspecified atom stereocenters. The molecule has 0 bridgehead atoms. The van der Waals surface area contributed by atoms with Crippen molar-refractivity contribution in [3.8, 4) is 5.75 Å². The average molecular weight is 433 g/mol. The van der Waals surface area contributed by atoms with Crippen molar-refractivity contribution >= 4 is 27.7 Å². The van der Waals surface area contributed by atoms with Crippen LogP contribution in [0.2, 0.25) is 0 Å². The van der Waals surface area contributed by atoms with E-state index in [-0.39, 0.29) is 5.91 Å². The number of piperazine rings is 1. The Balaban J connectivity index is 1.61. The van der Waals surface area contributed by atoms with Gasteiger partial charge >= 0.3 is 0 Å². The van der Waals surface area contributed by atoms with Gasteiger partial charge in [0.05, 0.1) is 5.56 Å². The van der Waals surface area contributed by atoms with Gasteiger partial charge in [-0.1, -0.05) is 12.1 Å². The molecule has 1 aromatic heterocycles. The topological polar surface area (TPSA) is 48.9 Å². The first-order valence-corrected chi connectivity index (χ1v) is 9.86. The highest BCUT2D eigenvalue weighted by atomic mass is 79.9. The highest BCUT2D eigenvalue weighted by Gasteiger charge is 2.24. The summed E-state index contributed by atoms with van der Waals surface area (Å²) >= 11 is 3.41. The van der Waals surface area contributed by atoms with Crippen LogP contribution in [0.1, 0.15) is 10.4 Å². The maximum absolute atomic E-state index is 13.0. The van der Waals surface area contributed by atoms with E-state index >= 15 is 0 Å². The first-order chi connectivity index (χ1) is 13.0. The lowest BCUT2D eigenvalue weighted by Crippen LogP contribution is -2.49. The summed E-state index contributed by atoms with van der Waals surface area (Å²) in [6.07, 6.45) is 1.80. The molecule has 0 radical (unpaired) electrons. The number of carbonyl (C=O) groups excluding carboxylic acids is 1. The summed E-state index contributed by atoms with van der Waals surface area (Å²) in [5, 5.41) is 0. The van der Waals surface area contributed by atoms with Crippen molar-refractivity contribution in [2.24, 2.45) is 0 Å². The molecule has 1 fully saturated rings. The van der Waals surface area contributed by atoms with Crippen LogP contribution in [0.25, 0.3) is 0 Å². The van der Waals surface area contributed by atoms with Crippen molar-refractivity contribution in [1.82, 2.24) is 14.8 Å². The lowest BCUT2D eigenvalue weighted by molar-refractivity contribution is 0.0741. The SMILES string of the molecule is CN(C)CCOc1ccccc1C(=O)N1CCN(c2ccc(Br)cn2)CC1. The molecule has 2 heterocycles. The third-order valence-corrected chi connectivity index (χ3v) is 4.99. The van der Waals surface area contributed by atoms with Gasteiger partial charge in [-0.3, -0.25) is 4.79 Å². The predicted octanol–water partition coefficient (Wildman–Crippen LogP) is 2.75. The number of nitrogens with zero attached hydrogens (tertiary/aromatic N) is 4. The minimum Gasteiger partial charge on any atom is -0.491 e. The van der Waals surface area contributed by atoms with Crippen molar-refractivity contribution in [1.29, 1.82) is 0 Å². The third kappa shape index (κ3) is 5.20. The van der Waals surface area contributed by atoms with Gasteiger partial charge in [0.15, 0.2) is 0 Å².